The Balaban J connectivity index is 1.03. The first-order chi connectivity index (χ1) is 19.0. The van der Waals surface area contributed by atoms with E-state index in [-0.39, 0.29) is 17.9 Å². The Morgan fingerprint density at radius 2 is 1.95 bits per heavy atom. The number of rotatable bonds is 7. The van der Waals surface area contributed by atoms with Gasteiger partial charge in [-0.25, -0.2) is 4.52 Å². The topological polar surface area (TPSA) is 114 Å². The number of likely N-dealkylation sites (N-methyl/N-ethyl adjacent to an activating group) is 1. The number of nitrogens with one attached hydrogen (secondary N) is 1. The molecule has 1 N–H and O–H groups in total. The highest BCUT2D eigenvalue weighted by Crippen LogP contribution is 2.48. The van der Waals surface area contributed by atoms with Gasteiger partial charge in [-0.3, -0.25) is 14.4 Å². The average Bonchev–Trinajstić information content (AvgIpc) is 3.27. The van der Waals surface area contributed by atoms with Gasteiger partial charge in [0.25, 0.3) is 0 Å². The smallest absolute Gasteiger partial charge is 0.247 e. The van der Waals surface area contributed by atoms with Crippen LogP contribution in [0.15, 0.2) is 30.7 Å². The number of anilines is 3. The minimum Gasteiger partial charge on any atom is -0.365 e. The zero-order chi connectivity index (χ0) is 26.6. The Kier molecular flexibility index (Phi) is 5.93. The van der Waals surface area contributed by atoms with E-state index in [1.807, 2.05) is 27.9 Å². The molecule has 2 bridgehead atoms. The third kappa shape index (κ3) is 4.70. The molecule has 204 valence electrons. The normalized spacial score (nSPS) is 24.7. The number of amides is 1. The second-order valence-electron chi connectivity index (χ2n) is 11.7. The van der Waals surface area contributed by atoms with Gasteiger partial charge in [0.1, 0.15) is 6.54 Å². The van der Waals surface area contributed by atoms with Crippen molar-refractivity contribution in [3.8, 4) is 6.07 Å². The lowest BCUT2D eigenvalue weighted by Gasteiger charge is -2.42. The largest absolute Gasteiger partial charge is 0.365 e. The maximum atomic E-state index is 12.7. The van der Waals surface area contributed by atoms with E-state index in [9.17, 15) is 10.1 Å². The van der Waals surface area contributed by atoms with Crippen molar-refractivity contribution < 1.29 is 4.79 Å². The number of piperazine rings is 2. The summed E-state index contributed by atoms with van der Waals surface area (Å²) in [6.07, 6.45) is 9.91. The summed E-state index contributed by atoms with van der Waals surface area (Å²) in [5.41, 5.74) is 2.56. The Bertz CT molecular complexity index is 1400. The predicted molar refractivity (Wildman–Crippen MR) is 146 cm³/mol. The third-order valence-electron chi connectivity index (χ3n) is 8.93. The number of hydrogen-bond acceptors (Lipinski definition) is 9. The second kappa shape index (κ2) is 9.50. The van der Waals surface area contributed by atoms with E-state index in [4.69, 9.17) is 4.98 Å². The Hall–Kier alpha value is -3.69. The van der Waals surface area contributed by atoms with Crippen LogP contribution in [0.1, 0.15) is 25.7 Å². The molecule has 0 spiro atoms. The van der Waals surface area contributed by atoms with Crippen LogP contribution in [0.25, 0.3) is 5.65 Å². The highest BCUT2D eigenvalue weighted by Gasteiger charge is 2.50. The zero-order valence-electron chi connectivity index (χ0n) is 22.4. The Morgan fingerprint density at radius 3 is 2.67 bits per heavy atom. The lowest BCUT2D eigenvalue weighted by Crippen LogP contribution is -2.55. The number of hydrogen-bond donors (Lipinski definition) is 1. The monoisotopic (exact) mass is 529 g/mol. The summed E-state index contributed by atoms with van der Waals surface area (Å²) >= 11 is 0. The lowest BCUT2D eigenvalue weighted by atomic mass is 10.1. The standard InChI is InChI=1S/C27H35N11O/c1-33-9-11-34(12-10-33)24(39)17-36-14-20(13-29-36)30-26-31-25-23(3-2-8-38(25)32-26)35-15-21-4-5-22(16-35)37(21)19-27(18-28)6-7-27/h2-3,8,13-14,21-22H,4-7,9-12,15-17,19H2,1H3,(H,30,32). The van der Waals surface area contributed by atoms with Crippen molar-refractivity contribution in [2.24, 2.45) is 5.41 Å². The first-order valence-electron chi connectivity index (χ1n) is 14.0. The number of aromatic nitrogens is 5. The molecule has 2 unspecified atom stereocenters. The maximum Gasteiger partial charge on any atom is 0.247 e. The van der Waals surface area contributed by atoms with E-state index in [0.29, 0.717) is 18.0 Å². The molecule has 12 heteroatoms. The average molecular weight is 530 g/mol. The van der Waals surface area contributed by atoms with Gasteiger partial charge in [-0.2, -0.15) is 15.3 Å². The maximum absolute atomic E-state index is 12.7. The van der Waals surface area contributed by atoms with Crippen LogP contribution in [0.3, 0.4) is 0 Å². The van der Waals surface area contributed by atoms with Crippen LogP contribution >= 0.6 is 0 Å². The molecule has 4 aliphatic rings. The molecule has 3 aliphatic heterocycles. The second-order valence-corrected chi connectivity index (χ2v) is 11.7. The molecule has 6 heterocycles. The van der Waals surface area contributed by atoms with Gasteiger partial charge in [0.2, 0.25) is 11.9 Å². The van der Waals surface area contributed by atoms with Crippen LogP contribution in [-0.2, 0) is 11.3 Å². The van der Waals surface area contributed by atoms with Crippen molar-refractivity contribution >= 4 is 28.9 Å². The zero-order valence-corrected chi connectivity index (χ0v) is 22.4. The molecule has 1 aliphatic carbocycles. The number of nitrogens with zero attached hydrogens (tertiary/aromatic N) is 10. The molecule has 4 fully saturated rings. The summed E-state index contributed by atoms with van der Waals surface area (Å²) < 4.78 is 3.49. The van der Waals surface area contributed by atoms with E-state index in [1.165, 1.54) is 12.8 Å². The van der Waals surface area contributed by atoms with Crippen molar-refractivity contribution in [1.29, 1.82) is 5.26 Å². The quantitative estimate of drug-likeness (QED) is 0.485. The third-order valence-corrected chi connectivity index (χ3v) is 8.93. The van der Waals surface area contributed by atoms with Crippen LogP contribution in [0.5, 0.6) is 0 Å². The molecule has 3 aromatic rings. The Labute approximate surface area is 227 Å². The van der Waals surface area contributed by atoms with Crippen LogP contribution < -0.4 is 10.2 Å². The molecular formula is C27H35N11O. The molecule has 2 atom stereocenters. The molecule has 12 nitrogen and oxygen atoms in total. The summed E-state index contributed by atoms with van der Waals surface area (Å²) in [5.74, 6) is 0.584. The van der Waals surface area contributed by atoms with Gasteiger partial charge in [-0.15, -0.1) is 5.10 Å². The molecule has 1 amide bonds. The highest BCUT2D eigenvalue weighted by molar-refractivity contribution is 5.76. The molecule has 0 radical (unpaired) electrons. The first kappa shape index (κ1) is 24.4. The predicted octanol–water partition coefficient (Wildman–Crippen LogP) is 1.40. The van der Waals surface area contributed by atoms with Crippen LogP contribution in [-0.4, -0.2) is 110 Å². The van der Waals surface area contributed by atoms with E-state index < -0.39 is 0 Å². The van der Waals surface area contributed by atoms with Crippen LogP contribution in [0.2, 0.25) is 0 Å². The molecule has 1 saturated carbocycles. The number of nitriles is 1. The van der Waals surface area contributed by atoms with Gasteiger partial charge < -0.3 is 20.0 Å². The molecule has 7 rings (SSSR count). The van der Waals surface area contributed by atoms with Crippen molar-refractivity contribution in [3.05, 3.63) is 30.7 Å². The summed E-state index contributed by atoms with van der Waals surface area (Å²) in [4.78, 5) is 26.7. The highest BCUT2D eigenvalue weighted by atomic mass is 16.2. The lowest BCUT2D eigenvalue weighted by molar-refractivity contribution is -0.133. The van der Waals surface area contributed by atoms with Crippen molar-refractivity contribution in [2.45, 2.75) is 44.3 Å². The van der Waals surface area contributed by atoms with Crippen molar-refractivity contribution in [3.63, 3.8) is 0 Å². The molecule has 0 aromatic carbocycles. The summed E-state index contributed by atoms with van der Waals surface area (Å²) in [5, 5.41) is 21.9. The van der Waals surface area contributed by atoms with Crippen molar-refractivity contribution in [1.82, 2.24) is 39.1 Å². The Morgan fingerprint density at radius 1 is 1.18 bits per heavy atom. The van der Waals surface area contributed by atoms with Gasteiger partial charge in [0.05, 0.1) is 29.1 Å². The molecule has 39 heavy (non-hydrogen) atoms. The summed E-state index contributed by atoms with van der Waals surface area (Å²) in [6.45, 7) is 6.35. The molecular weight excluding hydrogens is 494 g/mol. The fourth-order valence-corrected chi connectivity index (χ4v) is 6.38. The van der Waals surface area contributed by atoms with E-state index in [2.05, 4.69) is 49.4 Å². The molecule has 3 saturated heterocycles. The number of fused-ring (bicyclic) bond motifs is 3. The molecule has 3 aromatic heterocycles. The number of carbonyl (C=O) groups excluding carboxylic acids is 1. The van der Waals surface area contributed by atoms with E-state index >= 15 is 0 Å². The number of pyridine rings is 1. The van der Waals surface area contributed by atoms with Gasteiger partial charge in [-0.05, 0) is 44.9 Å². The SMILES string of the molecule is CN1CCN(C(=O)Cn2cc(Nc3nc4c(N5CC6CCC(C5)N6CC5(C#N)CC5)cccn4n3)cn2)CC1. The summed E-state index contributed by atoms with van der Waals surface area (Å²) in [6, 6.07) is 7.69. The van der Waals surface area contributed by atoms with Crippen LogP contribution in [0, 0.1) is 16.7 Å². The van der Waals surface area contributed by atoms with Gasteiger partial charge in [0.15, 0.2) is 5.65 Å². The minimum absolute atomic E-state index is 0.0854. The van der Waals surface area contributed by atoms with Crippen molar-refractivity contribution in [2.75, 3.05) is 63.1 Å². The van der Waals surface area contributed by atoms with Gasteiger partial charge in [-0.1, -0.05) is 0 Å². The van der Waals surface area contributed by atoms with Gasteiger partial charge in [0, 0.05) is 70.3 Å². The minimum atomic E-state index is -0.0950. The first-order valence-corrected chi connectivity index (χ1v) is 14.0. The fraction of sp³-hybridized carbons (Fsp3) is 0.593. The van der Waals surface area contributed by atoms with Crippen LogP contribution in [0.4, 0.5) is 17.3 Å². The fourth-order valence-electron chi connectivity index (χ4n) is 6.38. The summed E-state index contributed by atoms with van der Waals surface area (Å²) in [7, 11) is 2.08. The van der Waals surface area contributed by atoms with E-state index in [0.717, 1.165) is 75.7 Å². The van der Waals surface area contributed by atoms with E-state index in [1.54, 1.807) is 10.9 Å². The number of carbonyl (C=O) groups is 1. The van der Waals surface area contributed by atoms with Gasteiger partial charge >= 0.3 is 0 Å².